The van der Waals surface area contributed by atoms with Gasteiger partial charge in [-0.05, 0) is 18.2 Å². The third kappa shape index (κ3) is 2.79. The highest BCUT2D eigenvalue weighted by atomic mass is 32.2. The molecule has 1 heterocycles. The number of hydrogen-bond donors (Lipinski definition) is 4. The van der Waals surface area contributed by atoms with Crippen molar-refractivity contribution in [2.75, 3.05) is 11.1 Å². The Balaban J connectivity index is 2.14. The zero-order chi connectivity index (χ0) is 13.2. The van der Waals surface area contributed by atoms with Crippen LogP contribution in [0.4, 0.5) is 11.4 Å². The summed E-state index contributed by atoms with van der Waals surface area (Å²) in [7, 11) is -3.78. The maximum absolute atomic E-state index is 11.2. The molecule has 0 unspecified atom stereocenters. The average molecular weight is 267 g/mol. The van der Waals surface area contributed by atoms with Gasteiger partial charge in [-0.15, -0.1) is 0 Å². The lowest BCUT2D eigenvalue weighted by Gasteiger charge is -2.08. The van der Waals surface area contributed by atoms with Gasteiger partial charge in [0.1, 0.15) is 4.90 Å². The molecule has 2 rings (SSSR count). The summed E-state index contributed by atoms with van der Waals surface area (Å²) in [5.41, 5.74) is 7.44. The summed E-state index contributed by atoms with van der Waals surface area (Å²) in [4.78, 5) is -0.0728. The largest absolute Gasteiger partial charge is 0.398 e. The normalized spacial score (nSPS) is 11.4. The number of anilines is 2. The molecule has 0 bridgehead atoms. The molecule has 0 atom stereocenters. The number of benzene rings is 1. The van der Waals surface area contributed by atoms with Crippen LogP contribution in [0.25, 0.3) is 0 Å². The molecule has 7 nitrogen and oxygen atoms in total. The fourth-order valence-corrected chi connectivity index (χ4v) is 2.14. The third-order valence-electron chi connectivity index (χ3n) is 2.37. The van der Waals surface area contributed by atoms with Crippen LogP contribution in [0.3, 0.4) is 0 Å². The lowest BCUT2D eigenvalue weighted by atomic mass is 10.2. The molecule has 0 saturated carbocycles. The summed E-state index contributed by atoms with van der Waals surface area (Å²) in [6.45, 7) is 0.560. The van der Waals surface area contributed by atoms with E-state index in [1.54, 1.807) is 18.5 Å². The van der Waals surface area contributed by atoms with E-state index < -0.39 is 10.0 Å². The second-order valence-corrected chi connectivity index (χ2v) is 5.29. The van der Waals surface area contributed by atoms with E-state index in [1.807, 2.05) is 0 Å². The predicted molar refractivity (Wildman–Crippen MR) is 68.1 cm³/mol. The Hall–Kier alpha value is -2.06. The van der Waals surface area contributed by atoms with Gasteiger partial charge in [0.25, 0.3) is 0 Å². The zero-order valence-electron chi connectivity index (χ0n) is 9.42. The molecule has 1 aromatic heterocycles. The molecule has 0 spiro atoms. The molecule has 0 aliphatic carbocycles. The number of rotatable bonds is 4. The lowest BCUT2D eigenvalue weighted by Crippen LogP contribution is -2.14. The Morgan fingerprint density at radius 3 is 2.72 bits per heavy atom. The summed E-state index contributed by atoms with van der Waals surface area (Å²) in [6, 6.07) is 4.51. The first-order chi connectivity index (χ1) is 8.47. The molecule has 8 heteroatoms. The Kier molecular flexibility index (Phi) is 3.21. The highest BCUT2D eigenvalue weighted by Gasteiger charge is 2.12. The Labute approximate surface area is 104 Å². The molecule has 6 N–H and O–H groups in total. The number of nitrogens with zero attached hydrogens (tertiary/aromatic N) is 1. The number of H-pyrrole nitrogens is 1. The van der Waals surface area contributed by atoms with E-state index >= 15 is 0 Å². The minimum absolute atomic E-state index is 0.0728. The quantitative estimate of drug-likeness (QED) is 0.590. The van der Waals surface area contributed by atoms with Crippen LogP contribution in [0.15, 0.2) is 35.5 Å². The van der Waals surface area contributed by atoms with Crippen LogP contribution in [0.5, 0.6) is 0 Å². The third-order valence-corrected chi connectivity index (χ3v) is 3.35. The number of sulfonamides is 1. The van der Waals surface area contributed by atoms with Crippen molar-refractivity contribution < 1.29 is 8.42 Å². The van der Waals surface area contributed by atoms with Crippen LogP contribution in [-0.4, -0.2) is 18.6 Å². The van der Waals surface area contributed by atoms with E-state index in [2.05, 4.69) is 15.5 Å². The van der Waals surface area contributed by atoms with Crippen molar-refractivity contribution >= 4 is 21.4 Å². The van der Waals surface area contributed by atoms with E-state index in [9.17, 15) is 8.42 Å². The topological polar surface area (TPSA) is 127 Å². The van der Waals surface area contributed by atoms with Crippen LogP contribution in [-0.2, 0) is 16.6 Å². The SMILES string of the molecule is Nc1cc(NCc2cn[nH]c2)ccc1S(N)(=O)=O. The summed E-state index contributed by atoms with van der Waals surface area (Å²) in [5, 5.41) is 14.6. The van der Waals surface area contributed by atoms with Gasteiger partial charge in [0.2, 0.25) is 10.0 Å². The van der Waals surface area contributed by atoms with Gasteiger partial charge in [0.15, 0.2) is 0 Å². The van der Waals surface area contributed by atoms with Crippen LogP contribution >= 0.6 is 0 Å². The molecule has 0 fully saturated rings. The Bertz CT molecular complexity index is 636. The fraction of sp³-hybridized carbons (Fsp3) is 0.100. The molecule has 0 amide bonds. The highest BCUT2D eigenvalue weighted by Crippen LogP contribution is 2.21. The summed E-state index contributed by atoms with van der Waals surface area (Å²) >= 11 is 0. The number of nitrogens with one attached hydrogen (secondary N) is 2. The second kappa shape index (κ2) is 4.67. The summed E-state index contributed by atoms with van der Waals surface area (Å²) < 4.78 is 22.3. The van der Waals surface area contributed by atoms with Crippen molar-refractivity contribution in [1.29, 1.82) is 0 Å². The van der Waals surface area contributed by atoms with Crippen molar-refractivity contribution in [2.24, 2.45) is 5.14 Å². The van der Waals surface area contributed by atoms with Gasteiger partial charge < -0.3 is 11.1 Å². The standard InChI is InChI=1S/C10H13N5O2S/c11-9-3-8(1-2-10(9)18(12,16)17)13-4-7-5-14-15-6-7/h1-3,5-6,13H,4,11H2,(H,14,15)(H2,12,16,17). The van der Waals surface area contributed by atoms with E-state index in [4.69, 9.17) is 10.9 Å². The van der Waals surface area contributed by atoms with Crippen LogP contribution < -0.4 is 16.2 Å². The molecule has 18 heavy (non-hydrogen) atoms. The van der Waals surface area contributed by atoms with Gasteiger partial charge in [-0.25, -0.2) is 13.6 Å². The predicted octanol–water partition coefficient (Wildman–Crippen LogP) is 0.251. The van der Waals surface area contributed by atoms with E-state index in [0.29, 0.717) is 12.2 Å². The van der Waals surface area contributed by atoms with Crippen LogP contribution in [0.2, 0.25) is 0 Å². The maximum atomic E-state index is 11.2. The van der Waals surface area contributed by atoms with Gasteiger partial charge in [0, 0.05) is 24.0 Å². The zero-order valence-corrected chi connectivity index (χ0v) is 10.2. The first-order valence-corrected chi connectivity index (χ1v) is 6.65. The van der Waals surface area contributed by atoms with E-state index in [0.717, 1.165) is 5.56 Å². The minimum Gasteiger partial charge on any atom is -0.398 e. The summed E-state index contributed by atoms with van der Waals surface area (Å²) in [5.74, 6) is 0. The number of nitrogens with two attached hydrogens (primary N) is 2. The van der Waals surface area contributed by atoms with Gasteiger partial charge in [-0.3, -0.25) is 5.10 Å². The monoisotopic (exact) mass is 267 g/mol. The van der Waals surface area contributed by atoms with Gasteiger partial charge in [-0.1, -0.05) is 0 Å². The molecule has 96 valence electrons. The Morgan fingerprint density at radius 2 is 2.17 bits per heavy atom. The van der Waals surface area contributed by atoms with Crippen molar-refractivity contribution in [1.82, 2.24) is 10.2 Å². The smallest absolute Gasteiger partial charge is 0.240 e. The molecule has 0 aliphatic rings. The molecule has 0 aliphatic heterocycles. The van der Waals surface area contributed by atoms with Crippen LogP contribution in [0.1, 0.15) is 5.56 Å². The number of nitrogen functional groups attached to an aromatic ring is 1. The number of primary sulfonamides is 1. The fourth-order valence-electron chi connectivity index (χ4n) is 1.50. The first-order valence-electron chi connectivity index (χ1n) is 5.10. The summed E-state index contributed by atoms with van der Waals surface area (Å²) in [6.07, 6.45) is 3.45. The second-order valence-electron chi connectivity index (χ2n) is 3.76. The highest BCUT2D eigenvalue weighted by molar-refractivity contribution is 7.89. The maximum Gasteiger partial charge on any atom is 0.240 e. The van der Waals surface area contributed by atoms with Gasteiger partial charge in [0.05, 0.1) is 11.9 Å². The van der Waals surface area contributed by atoms with E-state index in [1.165, 1.54) is 12.1 Å². The molecule has 1 aromatic carbocycles. The van der Waals surface area contributed by atoms with Crippen molar-refractivity contribution in [3.05, 3.63) is 36.2 Å². The van der Waals surface area contributed by atoms with E-state index in [-0.39, 0.29) is 10.6 Å². The van der Waals surface area contributed by atoms with Gasteiger partial charge in [-0.2, -0.15) is 5.10 Å². The average Bonchev–Trinajstić information content (AvgIpc) is 2.77. The molecule has 0 saturated heterocycles. The first kappa shape index (κ1) is 12.4. The molecule has 0 radical (unpaired) electrons. The number of hydrogen-bond acceptors (Lipinski definition) is 5. The lowest BCUT2D eigenvalue weighted by molar-refractivity contribution is 0.598. The van der Waals surface area contributed by atoms with Crippen LogP contribution in [0, 0.1) is 0 Å². The van der Waals surface area contributed by atoms with Crippen molar-refractivity contribution in [3.8, 4) is 0 Å². The minimum atomic E-state index is -3.78. The van der Waals surface area contributed by atoms with Gasteiger partial charge >= 0.3 is 0 Å². The molecular formula is C10H13N5O2S. The Morgan fingerprint density at radius 1 is 1.39 bits per heavy atom. The van der Waals surface area contributed by atoms with Crippen molar-refractivity contribution in [3.63, 3.8) is 0 Å². The van der Waals surface area contributed by atoms with Crippen molar-refractivity contribution in [2.45, 2.75) is 11.4 Å². The molecular weight excluding hydrogens is 254 g/mol. The number of aromatic nitrogens is 2. The number of aromatic amines is 1. The molecule has 2 aromatic rings.